The van der Waals surface area contributed by atoms with Crippen LogP contribution in [0, 0.1) is 0 Å². The summed E-state index contributed by atoms with van der Waals surface area (Å²) in [6, 6.07) is 43.5. The van der Waals surface area contributed by atoms with Gasteiger partial charge in [0.1, 0.15) is 0 Å². The van der Waals surface area contributed by atoms with E-state index in [1.165, 1.54) is 31.1 Å². The van der Waals surface area contributed by atoms with E-state index in [1.54, 1.807) is 23.1 Å². The van der Waals surface area contributed by atoms with Crippen LogP contribution in [-0.2, 0) is 0 Å². The quantitative estimate of drug-likeness (QED) is 0.119. The van der Waals surface area contributed by atoms with E-state index in [4.69, 9.17) is 4.98 Å². The fraction of sp³-hybridized carbons (Fsp3) is 0.0357. The first-order valence-electron chi connectivity index (χ1n) is 10.7. The Morgan fingerprint density at radius 1 is 0.636 bits per heavy atom. The molecule has 5 aromatic rings. The van der Waals surface area contributed by atoms with Crippen LogP contribution in [0.4, 0.5) is 0 Å². The van der Waals surface area contributed by atoms with Gasteiger partial charge in [0, 0.05) is 0 Å². The first-order chi connectivity index (χ1) is 16.2. The van der Waals surface area contributed by atoms with Gasteiger partial charge in [0.15, 0.2) is 0 Å². The van der Waals surface area contributed by atoms with E-state index in [2.05, 4.69) is 150 Å². The van der Waals surface area contributed by atoms with Crippen molar-refractivity contribution < 1.29 is 0 Å². The van der Waals surface area contributed by atoms with Crippen molar-refractivity contribution in [2.45, 2.75) is 4.21 Å². The average molecular weight is 596 g/mol. The fourth-order valence-electron chi connectivity index (χ4n) is 4.34. The molecule has 0 unspecified atom stereocenters. The van der Waals surface area contributed by atoms with Crippen LogP contribution in [0.3, 0.4) is 0 Å². The van der Waals surface area contributed by atoms with Crippen LogP contribution in [0.25, 0.3) is 10.6 Å². The van der Waals surface area contributed by atoms with Gasteiger partial charge in [-0.25, -0.2) is 0 Å². The number of thiazole rings is 1. The Morgan fingerprint density at radius 3 is 1.42 bits per heavy atom. The van der Waals surface area contributed by atoms with E-state index in [0.29, 0.717) is 0 Å². The zero-order valence-electron chi connectivity index (χ0n) is 18.1. The van der Waals surface area contributed by atoms with Gasteiger partial charge in [-0.05, 0) is 0 Å². The molecular weight excluding hydrogens is 572 g/mol. The van der Waals surface area contributed by atoms with E-state index in [0.717, 1.165) is 5.01 Å². The summed E-state index contributed by atoms with van der Waals surface area (Å²) in [7, 11) is 0. The van der Waals surface area contributed by atoms with Crippen molar-refractivity contribution in [2.75, 3.05) is 6.26 Å². The van der Waals surface area contributed by atoms with Crippen molar-refractivity contribution in [3.8, 4) is 10.6 Å². The molecule has 5 heteroatoms. The molecule has 0 bridgehead atoms. The molecule has 0 N–H and O–H groups in total. The van der Waals surface area contributed by atoms with Crippen LogP contribution < -0.4 is 21.3 Å². The van der Waals surface area contributed by atoms with E-state index < -0.39 is 4.25 Å². The van der Waals surface area contributed by atoms with Crippen LogP contribution in [0.15, 0.2) is 126 Å². The van der Waals surface area contributed by atoms with Crippen molar-refractivity contribution in [1.29, 1.82) is 0 Å². The van der Waals surface area contributed by atoms with Gasteiger partial charge in [0.2, 0.25) is 0 Å². The minimum absolute atomic E-state index is 1.07. The first-order valence-corrected chi connectivity index (χ1v) is 17.7. The molecule has 164 valence electrons. The summed E-state index contributed by atoms with van der Waals surface area (Å²) in [5.41, 5.74) is 2.36. The molecule has 0 aliphatic rings. The van der Waals surface area contributed by atoms with E-state index in [1.807, 2.05) is 0 Å². The van der Waals surface area contributed by atoms with Crippen molar-refractivity contribution in [1.82, 2.24) is 4.98 Å². The molecule has 0 aliphatic heterocycles. The fourth-order valence-corrected chi connectivity index (χ4v) is 16.8. The van der Waals surface area contributed by atoms with Gasteiger partial charge in [0.05, 0.1) is 0 Å². The average Bonchev–Trinajstić information content (AvgIpc) is 3.36. The zero-order chi connectivity index (χ0) is 22.8. The van der Waals surface area contributed by atoms with Crippen LogP contribution in [0.1, 0.15) is 0 Å². The normalized spacial score (nSPS) is 12.7. The molecule has 0 radical (unpaired) electrons. The second-order valence-corrected chi connectivity index (χ2v) is 19.6. The molecule has 0 amide bonds. The predicted molar refractivity (Wildman–Crippen MR) is 158 cm³/mol. The molecule has 5 rings (SSSR count). The summed E-state index contributed by atoms with van der Waals surface area (Å²) in [4.78, 5) is 5.47. The van der Waals surface area contributed by atoms with E-state index >= 15 is 0 Å². The Bertz CT molecular complexity index is 1260. The maximum absolute atomic E-state index is 5.47. The zero-order valence-corrected chi connectivity index (χ0v) is 22.8. The van der Waals surface area contributed by atoms with Crippen LogP contribution in [0.2, 0.25) is 0 Å². The number of hydrogen-bond acceptors (Lipinski definition) is 3. The number of benzene rings is 4. The third-order valence-electron chi connectivity index (χ3n) is 5.91. The van der Waals surface area contributed by atoms with Crippen molar-refractivity contribution in [3.05, 3.63) is 121 Å². The van der Waals surface area contributed by atoms with Gasteiger partial charge in [0.25, 0.3) is 0 Å². The Hall–Kier alpha value is -1.98. The number of aromatic nitrogens is 1. The Morgan fingerprint density at radius 2 is 1.03 bits per heavy atom. The number of nitrogens with zero attached hydrogens (tertiary/aromatic N) is 1. The first kappa shape index (κ1) is 22.8. The standard InChI is InChI=1S/C28H23INPS2/c1-32-28-26(30-27(33-28)22-14-6-2-7-15-22)31(29,23-16-8-3-9-17-23,24-18-10-4-11-19-24)25-20-12-5-13-21-25/h2-21H,1H3. The van der Waals surface area contributed by atoms with Gasteiger partial charge in [-0.3, -0.25) is 0 Å². The van der Waals surface area contributed by atoms with Crippen molar-refractivity contribution in [2.24, 2.45) is 0 Å². The SMILES string of the molecule is CSc1sc(-c2ccccc2)nc1P(I)(c1ccccc1)(c1ccccc1)c1ccccc1. The summed E-state index contributed by atoms with van der Waals surface area (Å²) in [5, 5.41) is 5.04. The molecule has 0 spiro atoms. The summed E-state index contributed by atoms with van der Waals surface area (Å²) in [6.45, 7) is 0. The Kier molecular flexibility index (Phi) is 6.45. The second kappa shape index (κ2) is 9.34. The Labute approximate surface area is 216 Å². The summed E-state index contributed by atoms with van der Waals surface area (Å²) < 4.78 is -1.88. The van der Waals surface area contributed by atoms with Crippen LogP contribution in [-0.4, -0.2) is 11.2 Å². The van der Waals surface area contributed by atoms with E-state index in [9.17, 15) is 0 Å². The molecule has 33 heavy (non-hydrogen) atoms. The molecule has 4 aromatic carbocycles. The summed E-state index contributed by atoms with van der Waals surface area (Å²) in [5.74, 6) is 0. The molecule has 0 saturated carbocycles. The minimum atomic E-state index is -3.16. The second-order valence-electron chi connectivity index (χ2n) is 7.72. The predicted octanol–water partition coefficient (Wildman–Crippen LogP) is 7.04. The van der Waals surface area contributed by atoms with Gasteiger partial charge in [-0.1, -0.05) is 0 Å². The van der Waals surface area contributed by atoms with E-state index in [-0.39, 0.29) is 0 Å². The van der Waals surface area contributed by atoms with Gasteiger partial charge < -0.3 is 0 Å². The number of halogens is 1. The van der Waals surface area contributed by atoms with Crippen molar-refractivity contribution >= 4 is 70.7 Å². The molecule has 0 fully saturated rings. The molecule has 1 heterocycles. The number of thioether (sulfide) groups is 1. The Balaban J connectivity index is 1.96. The summed E-state index contributed by atoms with van der Waals surface area (Å²) >= 11 is 6.42. The number of rotatable bonds is 6. The number of hydrogen-bond donors (Lipinski definition) is 0. The van der Waals surface area contributed by atoms with Crippen LogP contribution >= 0.6 is 49.4 Å². The van der Waals surface area contributed by atoms with Crippen LogP contribution in [0.5, 0.6) is 0 Å². The van der Waals surface area contributed by atoms with Crippen molar-refractivity contribution in [3.63, 3.8) is 0 Å². The molecule has 1 aromatic heterocycles. The molecule has 0 aliphatic carbocycles. The molecule has 1 nitrogen and oxygen atoms in total. The van der Waals surface area contributed by atoms with Gasteiger partial charge in [-0.2, -0.15) is 0 Å². The topological polar surface area (TPSA) is 12.9 Å². The molecule has 0 saturated heterocycles. The summed E-state index contributed by atoms with van der Waals surface area (Å²) in [6.07, 6.45) is 2.17. The molecule has 0 atom stereocenters. The maximum atomic E-state index is 5.47. The monoisotopic (exact) mass is 595 g/mol. The third-order valence-corrected chi connectivity index (χ3v) is 19.7. The van der Waals surface area contributed by atoms with Gasteiger partial charge in [-0.15, -0.1) is 0 Å². The van der Waals surface area contributed by atoms with Gasteiger partial charge >= 0.3 is 218 Å². The third kappa shape index (κ3) is 3.68. The molecular formula is C28H23INPS2.